The fraction of sp³-hybridized carbons (Fsp3) is 0.462. The van der Waals surface area contributed by atoms with Gasteiger partial charge in [0.1, 0.15) is 0 Å². The lowest BCUT2D eigenvalue weighted by molar-refractivity contribution is 0.0383. The van der Waals surface area contributed by atoms with E-state index in [2.05, 4.69) is 26.1 Å². The average molecular weight is 348 g/mol. The first kappa shape index (κ1) is 14.8. The monoisotopic (exact) mass is 346 g/mol. The number of benzene rings is 1. The number of hydrogen-bond acceptors (Lipinski definition) is 3. The normalized spacial score (nSPS) is 16.3. The van der Waals surface area contributed by atoms with Gasteiger partial charge < -0.3 is 10.1 Å². The maximum Gasteiger partial charge on any atom is 0.252 e. The Morgan fingerprint density at radius 2 is 2.16 bits per heavy atom. The Kier molecular flexibility index (Phi) is 5.63. The van der Waals surface area contributed by atoms with E-state index in [0.717, 1.165) is 37.3 Å². The van der Waals surface area contributed by atoms with Gasteiger partial charge >= 0.3 is 0 Å². The molecular formula is C13H16BrClN2O2. The van der Waals surface area contributed by atoms with Gasteiger partial charge in [0.2, 0.25) is 0 Å². The molecule has 2 rings (SSSR count). The molecule has 0 saturated carbocycles. The van der Waals surface area contributed by atoms with Crippen LogP contribution in [0.3, 0.4) is 0 Å². The summed E-state index contributed by atoms with van der Waals surface area (Å²) in [6.07, 6.45) is 0. The standard InChI is InChI=1S/C13H16BrClN2O2/c14-12-2-1-10(15)9-11(12)13(18)16-3-4-17-5-7-19-8-6-17/h1-2,9H,3-8H2,(H,16,18). The second kappa shape index (κ2) is 7.24. The molecule has 0 spiro atoms. The summed E-state index contributed by atoms with van der Waals surface area (Å²) in [5.41, 5.74) is 0.564. The molecule has 19 heavy (non-hydrogen) atoms. The number of nitrogens with zero attached hydrogens (tertiary/aromatic N) is 1. The molecule has 1 amide bonds. The molecule has 4 nitrogen and oxygen atoms in total. The van der Waals surface area contributed by atoms with Gasteiger partial charge in [-0.3, -0.25) is 9.69 Å². The van der Waals surface area contributed by atoms with Crippen LogP contribution >= 0.6 is 27.5 Å². The molecule has 1 fully saturated rings. The van der Waals surface area contributed by atoms with Gasteiger partial charge in [-0.25, -0.2) is 0 Å². The van der Waals surface area contributed by atoms with E-state index in [0.29, 0.717) is 17.1 Å². The molecule has 0 atom stereocenters. The number of nitrogens with one attached hydrogen (secondary N) is 1. The van der Waals surface area contributed by atoms with Crippen molar-refractivity contribution in [3.8, 4) is 0 Å². The van der Waals surface area contributed by atoms with Gasteiger partial charge in [0.05, 0.1) is 18.8 Å². The number of carbonyl (C=O) groups excluding carboxylic acids is 1. The summed E-state index contributed by atoms with van der Waals surface area (Å²) in [5, 5.41) is 3.46. The highest BCUT2D eigenvalue weighted by Gasteiger charge is 2.12. The number of amides is 1. The van der Waals surface area contributed by atoms with Crippen molar-refractivity contribution in [3.05, 3.63) is 33.3 Å². The minimum absolute atomic E-state index is 0.109. The smallest absolute Gasteiger partial charge is 0.252 e. The maximum absolute atomic E-state index is 12.0. The third kappa shape index (κ3) is 4.45. The number of ether oxygens (including phenoxy) is 1. The number of morpholine rings is 1. The van der Waals surface area contributed by atoms with Gasteiger partial charge in [-0.1, -0.05) is 11.6 Å². The second-order valence-corrected chi connectivity index (χ2v) is 5.62. The summed E-state index contributed by atoms with van der Waals surface area (Å²) < 4.78 is 6.03. The quantitative estimate of drug-likeness (QED) is 0.907. The largest absolute Gasteiger partial charge is 0.379 e. The van der Waals surface area contributed by atoms with Gasteiger partial charge in [0.25, 0.3) is 5.91 Å². The van der Waals surface area contributed by atoms with Crippen molar-refractivity contribution < 1.29 is 9.53 Å². The van der Waals surface area contributed by atoms with Gasteiger partial charge in [0.15, 0.2) is 0 Å². The Balaban J connectivity index is 1.82. The predicted octanol–water partition coefficient (Wildman–Crippen LogP) is 2.16. The molecule has 104 valence electrons. The van der Waals surface area contributed by atoms with Crippen LogP contribution in [0.1, 0.15) is 10.4 Å². The fourth-order valence-electron chi connectivity index (χ4n) is 1.92. The lowest BCUT2D eigenvalue weighted by Gasteiger charge is -2.26. The van der Waals surface area contributed by atoms with Crippen molar-refractivity contribution in [3.63, 3.8) is 0 Å². The third-order valence-corrected chi connectivity index (χ3v) is 3.92. The molecule has 6 heteroatoms. The van der Waals surface area contributed by atoms with Crippen molar-refractivity contribution in [2.45, 2.75) is 0 Å². The van der Waals surface area contributed by atoms with Gasteiger partial charge in [-0.05, 0) is 34.1 Å². The van der Waals surface area contributed by atoms with Gasteiger partial charge in [-0.2, -0.15) is 0 Å². The summed E-state index contributed by atoms with van der Waals surface area (Å²) in [5.74, 6) is -0.109. The summed E-state index contributed by atoms with van der Waals surface area (Å²) in [6.45, 7) is 4.86. The SMILES string of the molecule is O=C(NCCN1CCOCC1)c1cc(Cl)ccc1Br. The van der Waals surface area contributed by atoms with Crippen LogP contribution in [-0.2, 0) is 4.74 Å². The van der Waals surface area contributed by atoms with Crippen molar-refractivity contribution >= 4 is 33.4 Å². The highest BCUT2D eigenvalue weighted by molar-refractivity contribution is 9.10. The number of rotatable bonds is 4. The molecule has 0 unspecified atom stereocenters. The van der Waals surface area contributed by atoms with Crippen LogP contribution in [0, 0.1) is 0 Å². The van der Waals surface area contributed by atoms with Crippen LogP contribution in [0.25, 0.3) is 0 Å². The zero-order valence-corrected chi connectivity index (χ0v) is 12.8. The third-order valence-electron chi connectivity index (χ3n) is 2.99. The minimum atomic E-state index is -0.109. The number of carbonyl (C=O) groups is 1. The van der Waals surface area contributed by atoms with Crippen molar-refractivity contribution in [1.82, 2.24) is 10.2 Å². The van der Waals surface area contributed by atoms with Gasteiger partial charge in [0, 0.05) is 35.7 Å². The summed E-state index contributed by atoms with van der Waals surface area (Å²) in [6, 6.07) is 5.19. The van der Waals surface area contributed by atoms with Crippen LogP contribution in [-0.4, -0.2) is 50.2 Å². The topological polar surface area (TPSA) is 41.6 Å². The van der Waals surface area contributed by atoms with E-state index in [9.17, 15) is 4.79 Å². The highest BCUT2D eigenvalue weighted by Crippen LogP contribution is 2.20. The van der Waals surface area contributed by atoms with Crippen LogP contribution < -0.4 is 5.32 Å². The predicted molar refractivity (Wildman–Crippen MR) is 78.7 cm³/mol. The van der Waals surface area contributed by atoms with Crippen molar-refractivity contribution in [2.24, 2.45) is 0 Å². The van der Waals surface area contributed by atoms with E-state index in [-0.39, 0.29) is 5.91 Å². The number of hydrogen-bond donors (Lipinski definition) is 1. The van der Waals surface area contributed by atoms with E-state index in [1.54, 1.807) is 18.2 Å². The molecule has 1 N–H and O–H groups in total. The lowest BCUT2D eigenvalue weighted by atomic mass is 10.2. The molecule has 1 heterocycles. The molecule has 0 aliphatic carbocycles. The fourth-order valence-corrected chi connectivity index (χ4v) is 2.52. The molecule has 0 radical (unpaired) electrons. The van der Waals surface area contributed by atoms with E-state index >= 15 is 0 Å². The Bertz CT molecular complexity index is 450. The summed E-state index contributed by atoms with van der Waals surface area (Å²) in [7, 11) is 0. The van der Waals surface area contributed by atoms with Gasteiger partial charge in [-0.15, -0.1) is 0 Å². The second-order valence-electron chi connectivity index (χ2n) is 4.33. The molecule has 0 bridgehead atoms. The first-order chi connectivity index (χ1) is 9.16. The van der Waals surface area contributed by atoms with Crippen molar-refractivity contribution in [1.29, 1.82) is 0 Å². The van der Waals surface area contributed by atoms with E-state index in [1.165, 1.54) is 0 Å². The summed E-state index contributed by atoms with van der Waals surface area (Å²) >= 11 is 9.25. The first-order valence-corrected chi connectivity index (χ1v) is 7.37. The lowest BCUT2D eigenvalue weighted by Crippen LogP contribution is -2.41. The Morgan fingerprint density at radius 1 is 1.42 bits per heavy atom. The molecule has 1 aliphatic heterocycles. The number of halogens is 2. The molecule has 1 aliphatic rings. The van der Waals surface area contributed by atoms with Crippen LogP contribution in [0.4, 0.5) is 0 Å². The van der Waals surface area contributed by atoms with Crippen LogP contribution in [0.15, 0.2) is 22.7 Å². The Hall–Kier alpha value is -0.620. The molecule has 1 aromatic rings. The minimum Gasteiger partial charge on any atom is -0.379 e. The zero-order valence-electron chi connectivity index (χ0n) is 10.5. The van der Waals surface area contributed by atoms with E-state index < -0.39 is 0 Å². The highest BCUT2D eigenvalue weighted by atomic mass is 79.9. The van der Waals surface area contributed by atoms with Crippen molar-refractivity contribution in [2.75, 3.05) is 39.4 Å². The molecular weight excluding hydrogens is 332 g/mol. The van der Waals surface area contributed by atoms with Crippen LogP contribution in [0.5, 0.6) is 0 Å². The average Bonchev–Trinajstić information content (AvgIpc) is 2.42. The Labute approximate surface area is 126 Å². The van der Waals surface area contributed by atoms with E-state index in [1.807, 2.05) is 0 Å². The molecule has 0 aromatic heterocycles. The molecule has 1 aromatic carbocycles. The molecule has 1 saturated heterocycles. The Morgan fingerprint density at radius 3 is 2.89 bits per heavy atom. The maximum atomic E-state index is 12.0. The first-order valence-electron chi connectivity index (χ1n) is 6.20. The zero-order chi connectivity index (χ0) is 13.7. The van der Waals surface area contributed by atoms with Crippen LogP contribution in [0.2, 0.25) is 5.02 Å². The summed E-state index contributed by atoms with van der Waals surface area (Å²) in [4.78, 5) is 14.3. The van der Waals surface area contributed by atoms with E-state index in [4.69, 9.17) is 16.3 Å².